The van der Waals surface area contributed by atoms with Gasteiger partial charge in [0.1, 0.15) is 0 Å². The SMILES string of the molecule is CN(CCc1ccccn1)[C@@H]1CC(=O)N(c2ccccc2)C1=O. The van der Waals surface area contributed by atoms with Crippen LogP contribution in [0.15, 0.2) is 54.7 Å². The van der Waals surface area contributed by atoms with E-state index in [-0.39, 0.29) is 18.2 Å². The summed E-state index contributed by atoms with van der Waals surface area (Å²) in [6, 6.07) is 14.5. The average Bonchev–Trinajstić information content (AvgIpc) is 2.89. The van der Waals surface area contributed by atoms with Crippen LogP contribution in [-0.2, 0) is 16.0 Å². The Morgan fingerprint density at radius 2 is 1.87 bits per heavy atom. The maximum absolute atomic E-state index is 12.6. The molecule has 0 radical (unpaired) electrons. The molecular formula is C18H19N3O2. The molecule has 2 aromatic rings. The van der Waals surface area contributed by atoms with Crippen molar-refractivity contribution in [2.24, 2.45) is 0 Å². The highest BCUT2D eigenvalue weighted by molar-refractivity contribution is 6.22. The fourth-order valence-electron chi connectivity index (χ4n) is 2.80. The van der Waals surface area contributed by atoms with Crippen LogP contribution in [0.4, 0.5) is 5.69 Å². The Hall–Kier alpha value is -2.53. The van der Waals surface area contributed by atoms with Gasteiger partial charge in [-0.25, -0.2) is 4.90 Å². The third kappa shape index (κ3) is 3.29. The van der Waals surface area contributed by atoms with E-state index in [0.717, 1.165) is 12.1 Å². The molecule has 0 bridgehead atoms. The van der Waals surface area contributed by atoms with Crippen LogP contribution in [-0.4, -0.2) is 41.3 Å². The van der Waals surface area contributed by atoms with E-state index in [2.05, 4.69) is 4.98 Å². The van der Waals surface area contributed by atoms with Crippen molar-refractivity contribution in [1.29, 1.82) is 0 Å². The second-order valence-corrected chi connectivity index (χ2v) is 5.67. The fourth-order valence-corrected chi connectivity index (χ4v) is 2.80. The summed E-state index contributed by atoms with van der Waals surface area (Å²) in [6.07, 6.45) is 2.74. The van der Waals surface area contributed by atoms with Crippen LogP contribution in [0, 0.1) is 0 Å². The molecule has 1 aliphatic heterocycles. The molecule has 5 nitrogen and oxygen atoms in total. The highest BCUT2D eigenvalue weighted by Crippen LogP contribution is 2.24. The molecular weight excluding hydrogens is 290 g/mol. The Balaban J connectivity index is 1.67. The maximum atomic E-state index is 12.6. The van der Waals surface area contributed by atoms with E-state index in [1.807, 2.05) is 48.3 Å². The fraction of sp³-hybridized carbons (Fsp3) is 0.278. The van der Waals surface area contributed by atoms with Crippen LogP contribution in [0.5, 0.6) is 0 Å². The van der Waals surface area contributed by atoms with Gasteiger partial charge in [-0.1, -0.05) is 24.3 Å². The zero-order chi connectivity index (χ0) is 16.2. The third-order valence-electron chi connectivity index (χ3n) is 4.12. The molecule has 0 saturated carbocycles. The molecule has 1 aliphatic rings. The minimum absolute atomic E-state index is 0.143. The van der Waals surface area contributed by atoms with Crippen LogP contribution in [0.3, 0.4) is 0 Å². The van der Waals surface area contributed by atoms with Gasteiger partial charge in [0, 0.05) is 24.9 Å². The molecule has 0 spiro atoms. The van der Waals surface area contributed by atoms with Gasteiger partial charge in [-0.2, -0.15) is 0 Å². The first-order valence-electron chi connectivity index (χ1n) is 7.69. The van der Waals surface area contributed by atoms with Gasteiger partial charge in [0.05, 0.1) is 18.2 Å². The summed E-state index contributed by atoms with van der Waals surface area (Å²) in [6.45, 7) is 0.684. The number of carbonyl (C=O) groups is 2. The lowest BCUT2D eigenvalue weighted by atomic mass is 10.2. The number of rotatable bonds is 5. The summed E-state index contributed by atoms with van der Waals surface area (Å²) in [4.78, 5) is 32.4. The zero-order valence-electron chi connectivity index (χ0n) is 13.1. The van der Waals surface area contributed by atoms with Crippen molar-refractivity contribution in [2.75, 3.05) is 18.5 Å². The van der Waals surface area contributed by atoms with E-state index >= 15 is 0 Å². The second-order valence-electron chi connectivity index (χ2n) is 5.67. The first-order chi connectivity index (χ1) is 11.2. The van der Waals surface area contributed by atoms with Crippen molar-refractivity contribution in [3.05, 3.63) is 60.4 Å². The first kappa shape index (κ1) is 15.4. The molecule has 0 aliphatic carbocycles. The molecule has 1 aromatic carbocycles. The number of para-hydroxylation sites is 1. The Bertz CT molecular complexity index is 688. The van der Waals surface area contributed by atoms with E-state index in [9.17, 15) is 9.59 Å². The molecule has 1 atom stereocenters. The molecule has 5 heteroatoms. The van der Waals surface area contributed by atoms with Crippen molar-refractivity contribution < 1.29 is 9.59 Å². The van der Waals surface area contributed by atoms with E-state index in [1.165, 1.54) is 4.90 Å². The number of hydrogen-bond acceptors (Lipinski definition) is 4. The van der Waals surface area contributed by atoms with E-state index < -0.39 is 6.04 Å². The van der Waals surface area contributed by atoms with Gasteiger partial charge in [-0.05, 0) is 31.3 Å². The van der Waals surface area contributed by atoms with E-state index in [4.69, 9.17) is 0 Å². The van der Waals surface area contributed by atoms with Gasteiger partial charge in [0.25, 0.3) is 5.91 Å². The quantitative estimate of drug-likeness (QED) is 0.792. The molecule has 2 heterocycles. The Morgan fingerprint density at radius 1 is 1.13 bits per heavy atom. The molecule has 118 valence electrons. The molecule has 0 N–H and O–H groups in total. The monoisotopic (exact) mass is 309 g/mol. The van der Waals surface area contributed by atoms with Gasteiger partial charge < -0.3 is 0 Å². The Kier molecular flexibility index (Phi) is 4.48. The normalized spacial score (nSPS) is 18.0. The highest BCUT2D eigenvalue weighted by Gasteiger charge is 2.41. The molecule has 23 heavy (non-hydrogen) atoms. The lowest BCUT2D eigenvalue weighted by Gasteiger charge is -2.22. The van der Waals surface area contributed by atoms with Crippen LogP contribution in [0.25, 0.3) is 0 Å². The number of aromatic nitrogens is 1. The lowest BCUT2D eigenvalue weighted by molar-refractivity contribution is -0.122. The summed E-state index contributed by atoms with van der Waals surface area (Å²) < 4.78 is 0. The number of benzene rings is 1. The number of nitrogens with zero attached hydrogens (tertiary/aromatic N) is 3. The van der Waals surface area contributed by atoms with E-state index in [0.29, 0.717) is 12.2 Å². The number of carbonyl (C=O) groups excluding carboxylic acids is 2. The smallest absolute Gasteiger partial charge is 0.251 e. The number of anilines is 1. The molecule has 1 fully saturated rings. The molecule has 2 amide bonds. The second kappa shape index (κ2) is 6.71. The number of hydrogen-bond donors (Lipinski definition) is 0. The van der Waals surface area contributed by atoms with Gasteiger partial charge in [0.15, 0.2) is 0 Å². The van der Waals surface area contributed by atoms with Crippen molar-refractivity contribution >= 4 is 17.5 Å². The van der Waals surface area contributed by atoms with Crippen LogP contribution >= 0.6 is 0 Å². The summed E-state index contributed by atoms with van der Waals surface area (Å²) in [5.74, 6) is -0.291. The molecule has 3 rings (SSSR count). The predicted octanol–water partition coefficient (Wildman–Crippen LogP) is 1.89. The summed E-state index contributed by atoms with van der Waals surface area (Å²) >= 11 is 0. The highest BCUT2D eigenvalue weighted by atomic mass is 16.2. The minimum atomic E-state index is -0.397. The molecule has 1 saturated heterocycles. The van der Waals surface area contributed by atoms with Gasteiger partial charge in [-0.15, -0.1) is 0 Å². The van der Waals surface area contributed by atoms with Crippen molar-refractivity contribution in [3.63, 3.8) is 0 Å². The van der Waals surface area contributed by atoms with Crippen LogP contribution in [0.1, 0.15) is 12.1 Å². The largest absolute Gasteiger partial charge is 0.294 e. The van der Waals surface area contributed by atoms with Crippen molar-refractivity contribution in [1.82, 2.24) is 9.88 Å². The van der Waals surface area contributed by atoms with Crippen LogP contribution < -0.4 is 4.90 Å². The zero-order valence-corrected chi connectivity index (χ0v) is 13.1. The Labute approximate surface area is 135 Å². The minimum Gasteiger partial charge on any atom is -0.294 e. The third-order valence-corrected chi connectivity index (χ3v) is 4.12. The van der Waals surface area contributed by atoms with Crippen molar-refractivity contribution in [3.8, 4) is 0 Å². The summed E-state index contributed by atoms with van der Waals surface area (Å²) in [5, 5.41) is 0. The van der Waals surface area contributed by atoms with Gasteiger partial charge >= 0.3 is 0 Å². The number of amides is 2. The average molecular weight is 309 g/mol. The summed E-state index contributed by atoms with van der Waals surface area (Å²) in [5.41, 5.74) is 1.62. The number of pyridine rings is 1. The standard InChI is InChI=1S/C18H19N3O2/c1-20(12-10-14-7-5-6-11-19-14)16-13-17(22)21(18(16)23)15-8-3-2-4-9-15/h2-9,11,16H,10,12-13H2,1H3/t16-/m1/s1. The molecule has 1 aromatic heterocycles. The molecule has 0 unspecified atom stereocenters. The number of imide groups is 1. The lowest BCUT2D eigenvalue weighted by Crippen LogP contribution is -2.40. The van der Waals surface area contributed by atoms with Crippen LogP contribution in [0.2, 0.25) is 0 Å². The van der Waals surface area contributed by atoms with E-state index in [1.54, 1.807) is 18.3 Å². The number of likely N-dealkylation sites (N-methyl/N-ethyl adjacent to an activating group) is 1. The first-order valence-corrected chi connectivity index (χ1v) is 7.69. The van der Waals surface area contributed by atoms with Gasteiger partial charge in [0.2, 0.25) is 5.91 Å². The topological polar surface area (TPSA) is 53.5 Å². The Morgan fingerprint density at radius 3 is 2.57 bits per heavy atom. The van der Waals surface area contributed by atoms with Crippen molar-refractivity contribution in [2.45, 2.75) is 18.9 Å². The maximum Gasteiger partial charge on any atom is 0.251 e. The van der Waals surface area contributed by atoms with Gasteiger partial charge in [-0.3, -0.25) is 19.5 Å². The predicted molar refractivity (Wildman–Crippen MR) is 87.9 cm³/mol. The summed E-state index contributed by atoms with van der Waals surface area (Å²) in [7, 11) is 1.88.